The van der Waals surface area contributed by atoms with Crippen LogP contribution in [0.3, 0.4) is 0 Å². The van der Waals surface area contributed by atoms with Gasteiger partial charge in [-0.3, -0.25) is 9.36 Å². The van der Waals surface area contributed by atoms with Crippen LogP contribution in [-0.2, 0) is 6.54 Å². The van der Waals surface area contributed by atoms with Gasteiger partial charge >= 0.3 is 0 Å². The van der Waals surface area contributed by atoms with Crippen LogP contribution >= 0.6 is 0 Å². The second kappa shape index (κ2) is 4.45. The maximum atomic E-state index is 11.8. The van der Waals surface area contributed by atoms with E-state index in [0.29, 0.717) is 6.54 Å². The van der Waals surface area contributed by atoms with Gasteiger partial charge in [0.25, 0.3) is 5.56 Å². The summed E-state index contributed by atoms with van der Waals surface area (Å²) in [6, 6.07) is 11.2. The number of aromatic hydroxyl groups is 1. The molecule has 1 N–H and O–H groups in total. The zero-order valence-electron chi connectivity index (χ0n) is 9.97. The molecule has 1 aromatic heterocycles. The lowest BCUT2D eigenvalue weighted by molar-refractivity contribution is 0.409. The highest BCUT2D eigenvalue weighted by Crippen LogP contribution is 2.17. The second-order valence-electron chi connectivity index (χ2n) is 4.19. The van der Waals surface area contributed by atoms with Crippen molar-refractivity contribution in [3.63, 3.8) is 0 Å². The highest BCUT2D eigenvalue weighted by atomic mass is 16.3. The standard InChI is InChI=1S/C14H15NO2/c1-10-8-13(16)15(14(17)11(10)2)9-12-6-4-3-5-7-12/h3-8,17H,9H2,1-2H3. The van der Waals surface area contributed by atoms with E-state index in [-0.39, 0.29) is 11.4 Å². The first-order valence-electron chi connectivity index (χ1n) is 5.53. The maximum Gasteiger partial charge on any atom is 0.253 e. The zero-order valence-corrected chi connectivity index (χ0v) is 9.97. The first kappa shape index (κ1) is 11.5. The smallest absolute Gasteiger partial charge is 0.253 e. The molecule has 2 aromatic rings. The van der Waals surface area contributed by atoms with Crippen LogP contribution in [0.4, 0.5) is 0 Å². The van der Waals surface area contributed by atoms with Crippen LogP contribution in [0.1, 0.15) is 16.7 Å². The first-order valence-corrected chi connectivity index (χ1v) is 5.53. The van der Waals surface area contributed by atoms with Crippen LogP contribution in [0.15, 0.2) is 41.2 Å². The summed E-state index contributed by atoms with van der Waals surface area (Å²) >= 11 is 0. The number of nitrogens with zero attached hydrogens (tertiary/aromatic N) is 1. The van der Waals surface area contributed by atoms with E-state index < -0.39 is 0 Å². The van der Waals surface area contributed by atoms with E-state index >= 15 is 0 Å². The number of hydrogen-bond acceptors (Lipinski definition) is 2. The van der Waals surface area contributed by atoms with Crippen molar-refractivity contribution in [1.82, 2.24) is 4.57 Å². The Hall–Kier alpha value is -2.03. The monoisotopic (exact) mass is 229 g/mol. The van der Waals surface area contributed by atoms with Crippen LogP contribution < -0.4 is 5.56 Å². The minimum atomic E-state index is -0.172. The summed E-state index contributed by atoms with van der Waals surface area (Å²) in [4.78, 5) is 11.8. The van der Waals surface area contributed by atoms with Crippen molar-refractivity contribution in [3.8, 4) is 5.88 Å². The van der Waals surface area contributed by atoms with Gasteiger partial charge in [-0.2, -0.15) is 0 Å². The van der Waals surface area contributed by atoms with Crippen LogP contribution in [0.25, 0.3) is 0 Å². The fraction of sp³-hybridized carbons (Fsp3) is 0.214. The highest BCUT2D eigenvalue weighted by Gasteiger charge is 2.09. The van der Waals surface area contributed by atoms with Crippen molar-refractivity contribution in [3.05, 3.63) is 63.4 Å². The van der Waals surface area contributed by atoms with Gasteiger partial charge in [-0.1, -0.05) is 30.3 Å². The molecule has 0 atom stereocenters. The molecule has 0 unspecified atom stereocenters. The largest absolute Gasteiger partial charge is 0.494 e. The summed E-state index contributed by atoms with van der Waals surface area (Å²) in [5.74, 6) is 0.0545. The highest BCUT2D eigenvalue weighted by molar-refractivity contribution is 5.33. The molecule has 3 heteroatoms. The molecular weight excluding hydrogens is 214 g/mol. The van der Waals surface area contributed by atoms with Gasteiger partial charge in [-0.15, -0.1) is 0 Å². The Morgan fingerprint density at radius 2 is 1.82 bits per heavy atom. The minimum absolute atomic E-state index is 0.0545. The van der Waals surface area contributed by atoms with Crippen molar-refractivity contribution in [1.29, 1.82) is 0 Å². The van der Waals surface area contributed by atoms with Gasteiger partial charge in [-0.25, -0.2) is 0 Å². The molecule has 0 spiro atoms. The summed E-state index contributed by atoms with van der Waals surface area (Å²) in [5.41, 5.74) is 2.39. The molecule has 2 rings (SSSR count). The van der Waals surface area contributed by atoms with Gasteiger partial charge < -0.3 is 5.11 Å². The molecule has 0 amide bonds. The summed E-state index contributed by atoms with van der Waals surface area (Å²) in [6.45, 7) is 4.03. The normalized spacial score (nSPS) is 10.5. The topological polar surface area (TPSA) is 42.2 Å². The number of hydrogen-bond donors (Lipinski definition) is 1. The molecule has 88 valence electrons. The Kier molecular flexibility index (Phi) is 3.00. The van der Waals surface area contributed by atoms with Gasteiger partial charge in [0.05, 0.1) is 6.54 Å². The van der Waals surface area contributed by atoms with E-state index in [4.69, 9.17) is 0 Å². The molecule has 0 radical (unpaired) electrons. The van der Waals surface area contributed by atoms with E-state index in [2.05, 4.69) is 0 Å². The fourth-order valence-electron chi connectivity index (χ4n) is 1.77. The molecule has 0 saturated carbocycles. The second-order valence-corrected chi connectivity index (χ2v) is 4.19. The lowest BCUT2D eigenvalue weighted by Crippen LogP contribution is -2.21. The van der Waals surface area contributed by atoms with Crippen molar-refractivity contribution < 1.29 is 5.11 Å². The van der Waals surface area contributed by atoms with Gasteiger partial charge in [0.2, 0.25) is 0 Å². The third kappa shape index (κ3) is 2.23. The Bertz CT molecular complexity index is 585. The van der Waals surface area contributed by atoms with Crippen molar-refractivity contribution >= 4 is 0 Å². The summed E-state index contributed by atoms with van der Waals surface area (Å²) < 4.78 is 1.39. The zero-order chi connectivity index (χ0) is 12.4. The van der Waals surface area contributed by atoms with Crippen molar-refractivity contribution in [2.45, 2.75) is 20.4 Å². The minimum Gasteiger partial charge on any atom is -0.494 e. The SMILES string of the molecule is Cc1cc(=O)n(Cc2ccccc2)c(O)c1C. The molecule has 0 aliphatic heterocycles. The first-order chi connectivity index (χ1) is 8.09. The summed E-state index contributed by atoms with van der Waals surface area (Å²) in [6.07, 6.45) is 0. The van der Waals surface area contributed by atoms with Gasteiger partial charge in [0.15, 0.2) is 5.88 Å². The molecular formula is C14H15NO2. The third-order valence-corrected chi connectivity index (χ3v) is 2.97. The average molecular weight is 229 g/mol. The quantitative estimate of drug-likeness (QED) is 0.858. The van der Waals surface area contributed by atoms with Crippen LogP contribution in [0.5, 0.6) is 5.88 Å². The molecule has 1 aromatic carbocycles. The number of pyridine rings is 1. The molecule has 0 fully saturated rings. The number of rotatable bonds is 2. The predicted molar refractivity (Wildman–Crippen MR) is 67.4 cm³/mol. The molecule has 0 saturated heterocycles. The Balaban J connectivity index is 2.47. The van der Waals surface area contributed by atoms with E-state index in [9.17, 15) is 9.90 Å². The lowest BCUT2D eigenvalue weighted by Gasteiger charge is -2.12. The molecule has 0 bridgehead atoms. The van der Waals surface area contributed by atoms with Crippen LogP contribution in [-0.4, -0.2) is 9.67 Å². The van der Waals surface area contributed by atoms with E-state index in [1.54, 1.807) is 6.07 Å². The van der Waals surface area contributed by atoms with Crippen LogP contribution in [0, 0.1) is 13.8 Å². The third-order valence-electron chi connectivity index (χ3n) is 2.97. The molecule has 17 heavy (non-hydrogen) atoms. The fourth-order valence-corrected chi connectivity index (χ4v) is 1.77. The van der Waals surface area contributed by atoms with Crippen LogP contribution in [0.2, 0.25) is 0 Å². The van der Waals surface area contributed by atoms with Crippen molar-refractivity contribution in [2.75, 3.05) is 0 Å². The Morgan fingerprint density at radius 3 is 2.47 bits per heavy atom. The molecule has 0 aliphatic rings. The van der Waals surface area contributed by atoms with Gasteiger partial charge in [-0.05, 0) is 25.0 Å². The summed E-state index contributed by atoms with van der Waals surface area (Å²) in [7, 11) is 0. The average Bonchev–Trinajstić information content (AvgIpc) is 2.33. The predicted octanol–water partition coefficient (Wildman–Crippen LogP) is 2.22. The lowest BCUT2D eigenvalue weighted by atomic mass is 10.1. The van der Waals surface area contributed by atoms with Gasteiger partial charge in [0.1, 0.15) is 0 Å². The van der Waals surface area contributed by atoms with E-state index in [0.717, 1.165) is 16.7 Å². The Morgan fingerprint density at radius 1 is 1.18 bits per heavy atom. The maximum absolute atomic E-state index is 11.8. The van der Waals surface area contributed by atoms with E-state index in [1.165, 1.54) is 4.57 Å². The molecule has 3 nitrogen and oxygen atoms in total. The Labute approximate surface area is 100.0 Å². The summed E-state index contributed by atoms with van der Waals surface area (Å²) in [5, 5.41) is 9.98. The molecule has 1 heterocycles. The number of benzene rings is 1. The van der Waals surface area contributed by atoms with E-state index in [1.807, 2.05) is 44.2 Å². The molecule has 0 aliphatic carbocycles. The number of aryl methyl sites for hydroxylation is 1. The van der Waals surface area contributed by atoms with Crippen molar-refractivity contribution in [2.24, 2.45) is 0 Å². The number of aromatic nitrogens is 1. The van der Waals surface area contributed by atoms with Gasteiger partial charge in [0, 0.05) is 11.6 Å².